The first-order chi connectivity index (χ1) is 10.8. The van der Waals surface area contributed by atoms with E-state index in [9.17, 15) is 9.36 Å². The Morgan fingerprint density at radius 2 is 2.22 bits per heavy atom. The van der Waals surface area contributed by atoms with E-state index in [1.54, 1.807) is 9.80 Å². The molecule has 12 heteroatoms. The smallest absolute Gasteiger partial charge is 0.326 e. The number of rotatable bonds is 7. The summed E-state index contributed by atoms with van der Waals surface area (Å²) >= 11 is 0. The van der Waals surface area contributed by atoms with Crippen LogP contribution in [0.4, 0.5) is 17.5 Å². The van der Waals surface area contributed by atoms with Gasteiger partial charge >= 0.3 is 7.60 Å². The van der Waals surface area contributed by atoms with Gasteiger partial charge < -0.3 is 25.7 Å². The second-order valence-corrected chi connectivity index (χ2v) is 6.85. The molecule has 0 saturated carbocycles. The highest BCUT2D eigenvalue weighted by molar-refractivity contribution is 7.51. The highest BCUT2D eigenvalue weighted by atomic mass is 31.2. The lowest BCUT2D eigenvalue weighted by Crippen LogP contribution is -2.37. The number of anilines is 3. The molecule has 0 fully saturated rings. The number of aromatic amines is 1. The van der Waals surface area contributed by atoms with Crippen molar-refractivity contribution in [3.05, 3.63) is 10.4 Å². The number of hydrogen-bond donors (Lipinski definition) is 5. The summed E-state index contributed by atoms with van der Waals surface area (Å²) in [5, 5.41) is 11.7. The van der Waals surface area contributed by atoms with Crippen LogP contribution in [0.15, 0.2) is 4.79 Å². The van der Waals surface area contributed by atoms with Crippen molar-refractivity contribution < 1.29 is 14.4 Å². The van der Waals surface area contributed by atoms with Crippen LogP contribution >= 0.6 is 7.60 Å². The first-order valence-corrected chi connectivity index (χ1v) is 8.62. The molecular formula is C11H18N7O4P. The van der Waals surface area contributed by atoms with E-state index in [1.165, 1.54) is 0 Å². The van der Waals surface area contributed by atoms with Gasteiger partial charge in [0.1, 0.15) is 5.69 Å². The molecule has 0 unspecified atom stereocenters. The second-order valence-electron chi connectivity index (χ2n) is 5.07. The van der Waals surface area contributed by atoms with E-state index in [1.807, 2.05) is 6.07 Å². The van der Waals surface area contributed by atoms with Crippen LogP contribution in [0.3, 0.4) is 0 Å². The Kier molecular flexibility index (Phi) is 5.23. The van der Waals surface area contributed by atoms with E-state index in [0.29, 0.717) is 31.3 Å². The van der Waals surface area contributed by atoms with Crippen molar-refractivity contribution in [2.24, 2.45) is 0 Å². The number of nitrogens with two attached hydrogens (primary N) is 1. The molecule has 0 amide bonds. The number of nitrogens with one attached hydrogen (secondary N) is 2. The van der Waals surface area contributed by atoms with Crippen molar-refractivity contribution in [2.45, 2.75) is 0 Å². The lowest BCUT2D eigenvalue weighted by molar-refractivity contribution is 0.312. The summed E-state index contributed by atoms with van der Waals surface area (Å²) in [6, 6.07) is 1.97. The van der Waals surface area contributed by atoms with Gasteiger partial charge in [0.2, 0.25) is 5.95 Å². The van der Waals surface area contributed by atoms with E-state index >= 15 is 0 Å². The molecule has 2 heterocycles. The molecule has 11 nitrogen and oxygen atoms in total. The molecule has 0 aromatic carbocycles. The number of H-pyrrole nitrogens is 1. The molecule has 2 rings (SSSR count). The van der Waals surface area contributed by atoms with Crippen LogP contribution < -0.4 is 21.5 Å². The minimum Gasteiger partial charge on any atom is -0.369 e. The molecule has 0 aliphatic carbocycles. The van der Waals surface area contributed by atoms with Crippen LogP contribution in [-0.4, -0.2) is 63.7 Å². The van der Waals surface area contributed by atoms with Gasteiger partial charge in [-0.05, 0) is 0 Å². The quantitative estimate of drug-likeness (QED) is 0.291. The molecule has 0 saturated heterocycles. The maximum absolute atomic E-state index is 11.7. The molecule has 126 valence electrons. The van der Waals surface area contributed by atoms with Gasteiger partial charge in [-0.15, -0.1) is 0 Å². The predicted molar refractivity (Wildman–Crippen MR) is 84.1 cm³/mol. The second kappa shape index (κ2) is 6.97. The van der Waals surface area contributed by atoms with Crippen molar-refractivity contribution >= 4 is 25.0 Å². The number of nitriles is 1. The van der Waals surface area contributed by atoms with Gasteiger partial charge in [-0.3, -0.25) is 19.2 Å². The van der Waals surface area contributed by atoms with Gasteiger partial charge in [-0.1, -0.05) is 0 Å². The zero-order valence-electron chi connectivity index (χ0n) is 12.3. The molecule has 0 spiro atoms. The van der Waals surface area contributed by atoms with Gasteiger partial charge in [0.05, 0.1) is 25.4 Å². The zero-order chi connectivity index (χ0) is 17.0. The lowest BCUT2D eigenvalue weighted by atomic mass is 10.4. The maximum Gasteiger partial charge on any atom is 0.326 e. The minimum absolute atomic E-state index is 0.0119. The molecule has 1 aliphatic heterocycles. The van der Waals surface area contributed by atoms with E-state index < -0.39 is 7.60 Å². The van der Waals surface area contributed by atoms with E-state index in [2.05, 4.69) is 15.3 Å². The fourth-order valence-electron chi connectivity index (χ4n) is 2.20. The SMILES string of the molecule is N#CCN(CCN1CNc2c1nc(N)[nH]c2=O)CCP(=O)(O)O. The third-order valence-corrected chi connectivity index (χ3v) is 4.14. The number of nitrogens with zero attached hydrogens (tertiary/aromatic N) is 4. The molecular weight excluding hydrogens is 325 g/mol. The molecule has 6 N–H and O–H groups in total. The molecule has 0 atom stereocenters. The van der Waals surface area contributed by atoms with E-state index in [-0.39, 0.29) is 30.8 Å². The topological polar surface area (TPSA) is 172 Å². The van der Waals surface area contributed by atoms with Gasteiger partial charge in [0, 0.05) is 19.6 Å². The normalized spacial score (nSPS) is 13.7. The van der Waals surface area contributed by atoms with Crippen molar-refractivity contribution in [3.63, 3.8) is 0 Å². The number of aromatic nitrogens is 2. The van der Waals surface area contributed by atoms with Crippen LogP contribution in [0.1, 0.15) is 0 Å². The van der Waals surface area contributed by atoms with Crippen LogP contribution in [0.25, 0.3) is 0 Å². The summed E-state index contributed by atoms with van der Waals surface area (Å²) in [6.07, 6.45) is -0.311. The van der Waals surface area contributed by atoms with Gasteiger partial charge in [0.25, 0.3) is 5.56 Å². The summed E-state index contributed by atoms with van der Waals surface area (Å²) in [6.45, 7) is 1.35. The Morgan fingerprint density at radius 1 is 1.48 bits per heavy atom. The summed E-state index contributed by atoms with van der Waals surface area (Å²) < 4.78 is 10.9. The first-order valence-electron chi connectivity index (χ1n) is 6.82. The molecule has 0 bridgehead atoms. The lowest BCUT2D eigenvalue weighted by Gasteiger charge is -2.23. The van der Waals surface area contributed by atoms with Crippen molar-refractivity contribution in [2.75, 3.05) is 55.0 Å². The Hall–Kier alpha value is -2.12. The molecule has 1 aliphatic rings. The Bertz CT molecular complexity index is 709. The van der Waals surface area contributed by atoms with Gasteiger partial charge in [-0.2, -0.15) is 10.2 Å². The van der Waals surface area contributed by atoms with E-state index in [4.69, 9.17) is 20.8 Å². The van der Waals surface area contributed by atoms with Gasteiger partial charge in [-0.25, -0.2) is 0 Å². The molecule has 0 radical (unpaired) electrons. The third kappa shape index (κ3) is 4.67. The van der Waals surface area contributed by atoms with Crippen LogP contribution in [-0.2, 0) is 4.57 Å². The van der Waals surface area contributed by atoms with Gasteiger partial charge in [0.15, 0.2) is 5.82 Å². The Balaban J connectivity index is 1.99. The molecule has 1 aromatic rings. The Morgan fingerprint density at radius 3 is 2.87 bits per heavy atom. The number of hydrogen-bond acceptors (Lipinski definition) is 8. The summed E-state index contributed by atoms with van der Waals surface area (Å²) in [4.78, 5) is 39.5. The van der Waals surface area contributed by atoms with E-state index in [0.717, 1.165) is 0 Å². The fourth-order valence-corrected chi connectivity index (χ4v) is 2.75. The third-order valence-electron chi connectivity index (χ3n) is 3.35. The van der Waals surface area contributed by atoms with Crippen LogP contribution in [0.5, 0.6) is 0 Å². The van der Waals surface area contributed by atoms with Crippen molar-refractivity contribution in [1.29, 1.82) is 5.26 Å². The zero-order valence-corrected chi connectivity index (χ0v) is 13.2. The molecule has 1 aromatic heterocycles. The van der Waals surface area contributed by atoms with Crippen LogP contribution in [0.2, 0.25) is 0 Å². The minimum atomic E-state index is -4.11. The predicted octanol–water partition coefficient (Wildman–Crippen LogP) is -1.46. The summed E-state index contributed by atoms with van der Waals surface area (Å²) in [7, 11) is -4.11. The fraction of sp³-hybridized carbons (Fsp3) is 0.545. The number of fused-ring (bicyclic) bond motifs is 1. The average molecular weight is 343 g/mol. The summed E-state index contributed by atoms with van der Waals surface area (Å²) in [5.41, 5.74) is 5.51. The van der Waals surface area contributed by atoms with Crippen molar-refractivity contribution in [1.82, 2.24) is 14.9 Å². The standard InChI is InChI=1S/C11H18N7O4P/c12-1-2-17(5-6-23(20,21)22)3-4-18-7-14-8-9(18)15-11(13)16-10(8)19/h14H,2-7H2,(H2,20,21,22)(H3,13,15,16,19). The summed E-state index contributed by atoms with van der Waals surface area (Å²) in [5.74, 6) is 0.441. The highest BCUT2D eigenvalue weighted by Crippen LogP contribution is 2.33. The maximum atomic E-state index is 11.7. The monoisotopic (exact) mass is 343 g/mol. The van der Waals surface area contributed by atoms with Crippen molar-refractivity contribution in [3.8, 4) is 6.07 Å². The Labute approximate surface area is 131 Å². The highest BCUT2D eigenvalue weighted by Gasteiger charge is 2.24. The largest absolute Gasteiger partial charge is 0.369 e. The molecule has 23 heavy (non-hydrogen) atoms. The number of nitrogen functional groups attached to an aromatic ring is 1. The van der Waals surface area contributed by atoms with Crippen LogP contribution in [0, 0.1) is 11.3 Å². The average Bonchev–Trinajstić information content (AvgIpc) is 2.84. The first kappa shape index (κ1) is 17.2.